The lowest BCUT2D eigenvalue weighted by atomic mass is 10.0. The van der Waals surface area contributed by atoms with Gasteiger partial charge in [0.05, 0.1) is 6.61 Å². The molecule has 0 aliphatic carbocycles. The normalized spacial score (nSPS) is 12.3. The minimum Gasteiger partial charge on any atom is -0.464 e. The van der Waals surface area contributed by atoms with E-state index in [9.17, 15) is 18.8 Å². The lowest BCUT2D eigenvalue weighted by Crippen LogP contribution is -2.53. The summed E-state index contributed by atoms with van der Waals surface area (Å²) in [5, 5.41) is 5.77. The summed E-state index contributed by atoms with van der Waals surface area (Å²) in [6.07, 6.45) is 16.4. The molecule has 2 unspecified atom stereocenters. The van der Waals surface area contributed by atoms with Crippen LogP contribution in [0.4, 0.5) is 10.1 Å². The van der Waals surface area contributed by atoms with Crippen molar-refractivity contribution in [1.29, 1.82) is 0 Å². The molecule has 0 aliphatic rings. The second-order valence-electron chi connectivity index (χ2n) is 13.0. The molecule has 0 aromatic heterocycles. The van der Waals surface area contributed by atoms with Gasteiger partial charge in [-0.1, -0.05) is 108 Å². The van der Waals surface area contributed by atoms with Crippen LogP contribution in [0.1, 0.15) is 115 Å². The SMILES string of the molecule is CCCCCCCCCCCCCCCC(=O)NC(Cc1cccc(N(CCCl)CCCl)c1)C(=O)NC(Cc1ccc(F)cc1)C(=O)OCC. The van der Waals surface area contributed by atoms with Crippen molar-refractivity contribution in [2.45, 2.75) is 129 Å². The van der Waals surface area contributed by atoms with Crippen LogP contribution in [-0.4, -0.2) is 61.3 Å². The van der Waals surface area contributed by atoms with E-state index in [4.69, 9.17) is 27.9 Å². The Labute approximate surface area is 310 Å². The van der Waals surface area contributed by atoms with Crippen LogP contribution in [0.5, 0.6) is 0 Å². The molecule has 50 heavy (non-hydrogen) atoms. The van der Waals surface area contributed by atoms with Gasteiger partial charge < -0.3 is 20.3 Å². The zero-order valence-electron chi connectivity index (χ0n) is 30.3. The summed E-state index contributed by atoms with van der Waals surface area (Å²) in [6, 6.07) is 11.6. The summed E-state index contributed by atoms with van der Waals surface area (Å²) in [4.78, 5) is 42.0. The van der Waals surface area contributed by atoms with Crippen LogP contribution in [0.3, 0.4) is 0 Å². The van der Waals surface area contributed by atoms with Gasteiger partial charge >= 0.3 is 5.97 Å². The fourth-order valence-electron chi connectivity index (χ4n) is 6.03. The Kier molecular flexibility index (Phi) is 23.3. The molecule has 7 nitrogen and oxygen atoms in total. The first-order chi connectivity index (χ1) is 24.3. The highest BCUT2D eigenvalue weighted by molar-refractivity contribution is 6.18. The fraction of sp³-hybridized carbons (Fsp3) is 0.625. The summed E-state index contributed by atoms with van der Waals surface area (Å²) in [7, 11) is 0. The van der Waals surface area contributed by atoms with Gasteiger partial charge in [-0.15, -0.1) is 23.2 Å². The number of nitrogens with zero attached hydrogens (tertiary/aromatic N) is 1. The molecule has 0 saturated heterocycles. The lowest BCUT2D eigenvalue weighted by Gasteiger charge is -2.25. The number of nitrogens with one attached hydrogen (secondary N) is 2. The van der Waals surface area contributed by atoms with E-state index in [2.05, 4.69) is 22.5 Å². The predicted octanol–water partition coefficient (Wildman–Crippen LogP) is 8.91. The van der Waals surface area contributed by atoms with Gasteiger partial charge in [0.1, 0.15) is 17.9 Å². The van der Waals surface area contributed by atoms with Gasteiger partial charge in [0.25, 0.3) is 0 Å². The van der Waals surface area contributed by atoms with Crippen molar-refractivity contribution in [3.8, 4) is 0 Å². The van der Waals surface area contributed by atoms with Crippen LogP contribution >= 0.6 is 23.2 Å². The summed E-state index contributed by atoms with van der Waals surface area (Å²) in [5.41, 5.74) is 2.42. The summed E-state index contributed by atoms with van der Waals surface area (Å²) >= 11 is 12.1. The maximum Gasteiger partial charge on any atom is 0.328 e. The Hall–Kier alpha value is -2.84. The van der Waals surface area contributed by atoms with E-state index in [1.54, 1.807) is 19.1 Å². The Morgan fingerprint density at radius 2 is 1.28 bits per heavy atom. The standard InChI is InChI=1S/C40H60Cl2FN3O4/c1-3-5-6-7-8-9-10-11-12-13-14-15-16-20-38(47)44-36(31-33-18-17-19-35(29-33)46(27-25-41)28-26-42)39(48)45-37(40(49)50-4-2)30-32-21-23-34(43)24-22-32/h17-19,21-24,29,36-37H,3-16,20,25-28,30-31H2,1-2H3,(H,44,47)(H,45,48). The van der Waals surface area contributed by atoms with Crippen LogP contribution < -0.4 is 15.5 Å². The smallest absolute Gasteiger partial charge is 0.328 e. The van der Waals surface area contributed by atoms with Crippen molar-refractivity contribution >= 4 is 46.7 Å². The number of hydrogen-bond acceptors (Lipinski definition) is 5. The highest BCUT2D eigenvalue weighted by atomic mass is 35.5. The van der Waals surface area contributed by atoms with Crippen molar-refractivity contribution in [3.63, 3.8) is 0 Å². The maximum atomic E-state index is 13.8. The number of anilines is 1. The quantitative estimate of drug-likeness (QED) is 0.0518. The molecule has 0 aliphatic heterocycles. The third kappa shape index (κ3) is 18.4. The molecule has 10 heteroatoms. The monoisotopic (exact) mass is 735 g/mol. The molecule has 0 bridgehead atoms. The average molecular weight is 737 g/mol. The molecule has 2 N–H and O–H groups in total. The second kappa shape index (κ2) is 26.9. The zero-order valence-corrected chi connectivity index (χ0v) is 31.8. The van der Waals surface area contributed by atoms with E-state index in [1.807, 2.05) is 24.3 Å². The largest absolute Gasteiger partial charge is 0.464 e. The van der Waals surface area contributed by atoms with E-state index in [-0.39, 0.29) is 25.4 Å². The third-order valence-electron chi connectivity index (χ3n) is 8.82. The predicted molar refractivity (Wildman–Crippen MR) is 205 cm³/mol. The average Bonchev–Trinajstić information content (AvgIpc) is 3.10. The zero-order chi connectivity index (χ0) is 36.4. The van der Waals surface area contributed by atoms with E-state index in [0.717, 1.165) is 30.5 Å². The van der Waals surface area contributed by atoms with Gasteiger partial charge in [0, 0.05) is 49.8 Å². The van der Waals surface area contributed by atoms with Crippen LogP contribution in [-0.2, 0) is 32.0 Å². The fourth-order valence-corrected chi connectivity index (χ4v) is 6.44. The summed E-state index contributed by atoms with van der Waals surface area (Å²) < 4.78 is 18.8. The lowest BCUT2D eigenvalue weighted by molar-refractivity contribution is -0.147. The van der Waals surface area contributed by atoms with Crippen molar-refractivity contribution in [3.05, 3.63) is 65.5 Å². The molecular weight excluding hydrogens is 676 g/mol. The topological polar surface area (TPSA) is 87.7 Å². The van der Waals surface area contributed by atoms with Crippen molar-refractivity contribution in [1.82, 2.24) is 10.6 Å². The van der Waals surface area contributed by atoms with Gasteiger partial charge in [-0.3, -0.25) is 9.59 Å². The number of esters is 1. The Balaban J connectivity index is 2.03. The molecular formula is C40H60Cl2FN3O4. The van der Waals surface area contributed by atoms with E-state index in [1.165, 1.54) is 76.3 Å². The van der Waals surface area contributed by atoms with Gasteiger partial charge in [-0.25, -0.2) is 9.18 Å². The van der Waals surface area contributed by atoms with Crippen LogP contribution in [0, 0.1) is 5.82 Å². The molecule has 0 fully saturated rings. The number of amides is 2. The van der Waals surface area contributed by atoms with Crippen LogP contribution in [0.25, 0.3) is 0 Å². The van der Waals surface area contributed by atoms with Gasteiger partial charge in [0.2, 0.25) is 11.8 Å². The van der Waals surface area contributed by atoms with Crippen molar-refractivity contribution in [2.24, 2.45) is 0 Å². The number of ether oxygens (including phenoxy) is 1. The molecule has 0 radical (unpaired) electrons. The minimum atomic E-state index is -1.01. The first-order valence-electron chi connectivity index (χ1n) is 18.8. The van der Waals surface area contributed by atoms with E-state index < -0.39 is 29.8 Å². The number of alkyl halides is 2. The molecule has 2 amide bonds. The number of rotatable bonds is 28. The number of benzene rings is 2. The molecule has 2 rings (SSSR count). The first-order valence-corrected chi connectivity index (χ1v) is 19.8. The highest BCUT2D eigenvalue weighted by Gasteiger charge is 2.28. The number of halogens is 3. The van der Waals surface area contributed by atoms with Gasteiger partial charge in [0.15, 0.2) is 0 Å². The molecule has 2 aromatic rings. The number of carbonyl (C=O) groups is 3. The number of hydrogen-bond donors (Lipinski definition) is 2. The molecule has 0 heterocycles. The van der Waals surface area contributed by atoms with E-state index >= 15 is 0 Å². The van der Waals surface area contributed by atoms with E-state index in [0.29, 0.717) is 36.8 Å². The summed E-state index contributed by atoms with van der Waals surface area (Å²) in [5.74, 6) is -0.819. The molecule has 0 saturated carbocycles. The third-order valence-corrected chi connectivity index (χ3v) is 9.16. The number of carbonyl (C=O) groups excluding carboxylic acids is 3. The molecule has 2 atom stereocenters. The highest BCUT2D eigenvalue weighted by Crippen LogP contribution is 2.19. The van der Waals surface area contributed by atoms with Crippen molar-refractivity contribution < 1.29 is 23.5 Å². The van der Waals surface area contributed by atoms with Crippen LogP contribution in [0.2, 0.25) is 0 Å². The molecule has 2 aromatic carbocycles. The Morgan fingerprint density at radius 1 is 0.720 bits per heavy atom. The number of unbranched alkanes of at least 4 members (excludes halogenated alkanes) is 12. The maximum absolute atomic E-state index is 13.8. The van der Waals surface area contributed by atoms with Gasteiger partial charge in [-0.2, -0.15) is 0 Å². The van der Waals surface area contributed by atoms with Crippen LogP contribution in [0.15, 0.2) is 48.5 Å². The second-order valence-corrected chi connectivity index (χ2v) is 13.8. The first kappa shape index (κ1) is 43.3. The Bertz CT molecular complexity index is 1230. The molecule has 0 spiro atoms. The Morgan fingerprint density at radius 3 is 1.84 bits per heavy atom. The minimum absolute atomic E-state index is 0.117. The summed E-state index contributed by atoms with van der Waals surface area (Å²) in [6.45, 7) is 5.31. The van der Waals surface area contributed by atoms with Crippen molar-refractivity contribution in [2.75, 3.05) is 36.4 Å². The van der Waals surface area contributed by atoms with Gasteiger partial charge in [-0.05, 0) is 48.7 Å². The molecule has 280 valence electrons.